The lowest BCUT2D eigenvalue weighted by Crippen LogP contribution is -2.18. The average Bonchev–Trinajstić information content (AvgIpc) is 2.02. The predicted octanol–water partition coefficient (Wildman–Crippen LogP) is 0.735. The molecule has 0 unspecified atom stereocenters. The van der Waals surface area contributed by atoms with Crippen molar-refractivity contribution in [3.63, 3.8) is 0 Å². The van der Waals surface area contributed by atoms with Crippen LogP contribution in [0.2, 0.25) is 0 Å². The number of nitrogens with two attached hydrogens (primary N) is 1. The molecule has 0 spiro atoms. The van der Waals surface area contributed by atoms with Gasteiger partial charge >= 0.3 is 10.3 Å². The molecule has 6 nitrogen and oxygen atoms in total. The molecule has 0 amide bonds. The van der Waals surface area contributed by atoms with Gasteiger partial charge in [0.2, 0.25) is 0 Å². The molecule has 0 aliphatic carbocycles. The Morgan fingerprint density at radius 2 is 1.86 bits per heavy atom. The summed E-state index contributed by atoms with van der Waals surface area (Å²) in [6, 6.07) is 5.79. The van der Waals surface area contributed by atoms with Gasteiger partial charge in [-0.15, -0.1) is 0 Å². The first-order valence-corrected chi connectivity index (χ1v) is 5.22. The van der Waals surface area contributed by atoms with Crippen LogP contribution in [0.5, 0.6) is 0 Å². The van der Waals surface area contributed by atoms with Crippen molar-refractivity contribution in [1.29, 1.82) is 0 Å². The lowest BCUT2D eigenvalue weighted by molar-refractivity contribution is 0.490. The van der Waals surface area contributed by atoms with Crippen molar-refractivity contribution in [3.05, 3.63) is 24.3 Å². The molecule has 14 heavy (non-hydrogen) atoms. The third-order valence-corrected chi connectivity index (χ3v) is 2.05. The van der Waals surface area contributed by atoms with Gasteiger partial charge in [0.05, 0.1) is 11.4 Å². The maximum Gasteiger partial charge on any atom is 0.357 e. The highest BCUT2D eigenvalue weighted by molar-refractivity contribution is 7.87. The van der Waals surface area contributed by atoms with E-state index in [1.54, 1.807) is 0 Å². The van der Waals surface area contributed by atoms with Crippen molar-refractivity contribution in [2.45, 2.75) is 0 Å². The summed E-state index contributed by atoms with van der Waals surface area (Å²) in [5, 5.41) is 0. The van der Waals surface area contributed by atoms with Crippen molar-refractivity contribution < 1.29 is 13.0 Å². The van der Waals surface area contributed by atoms with Crippen LogP contribution in [0.4, 0.5) is 11.4 Å². The first-order valence-electron chi connectivity index (χ1n) is 3.44. The molecule has 0 aromatic heterocycles. The number of hydrazine groups is 1. The number of benzene rings is 1. The summed E-state index contributed by atoms with van der Waals surface area (Å²) in [7, 11) is -4.24. The Hall–Kier alpha value is -1.02. The maximum absolute atomic E-state index is 10.4. The second kappa shape index (κ2) is 4.01. The maximum atomic E-state index is 10.4. The van der Waals surface area contributed by atoms with Crippen LogP contribution in [0.3, 0.4) is 0 Å². The number of anilines is 2. The van der Waals surface area contributed by atoms with E-state index in [-0.39, 0.29) is 5.69 Å². The lowest BCUT2D eigenvalue weighted by atomic mass is 10.3. The summed E-state index contributed by atoms with van der Waals surface area (Å²) in [5.74, 6) is 5.20. The number of rotatable bonds is 3. The molecule has 1 aromatic rings. The van der Waals surface area contributed by atoms with Crippen LogP contribution in [0.25, 0.3) is 0 Å². The van der Waals surface area contributed by atoms with Crippen LogP contribution in [0.15, 0.2) is 24.3 Å². The Kier molecular flexibility index (Phi) is 3.17. The second-order valence-corrected chi connectivity index (χ2v) is 3.95. The number of halogens is 1. The zero-order chi connectivity index (χ0) is 10.8. The van der Waals surface area contributed by atoms with Crippen molar-refractivity contribution >= 4 is 33.5 Å². The third kappa shape index (κ3) is 3.38. The Labute approximate surface area is 86.2 Å². The van der Waals surface area contributed by atoms with Gasteiger partial charge in [0.25, 0.3) is 0 Å². The minimum absolute atomic E-state index is 0.217. The van der Waals surface area contributed by atoms with E-state index in [9.17, 15) is 8.42 Å². The van der Waals surface area contributed by atoms with Gasteiger partial charge in [0.15, 0.2) is 0 Å². The molecule has 4 N–H and O–H groups in total. The molecule has 78 valence electrons. The van der Waals surface area contributed by atoms with Gasteiger partial charge in [-0.05, 0) is 24.3 Å². The Morgan fingerprint density at radius 3 is 2.21 bits per heavy atom. The number of nitrogens with one attached hydrogen (secondary N) is 1. The van der Waals surface area contributed by atoms with Gasteiger partial charge in [-0.2, -0.15) is 8.42 Å². The van der Waals surface area contributed by atoms with E-state index in [0.717, 1.165) is 4.53 Å². The van der Waals surface area contributed by atoms with Crippen LogP contribution in [0.1, 0.15) is 0 Å². The lowest BCUT2D eigenvalue weighted by Gasteiger charge is -2.08. The van der Waals surface area contributed by atoms with Gasteiger partial charge in [-0.3, -0.25) is 9.27 Å². The quantitative estimate of drug-likeness (QED) is 0.312. The first-order chi connectivity index (χ1) is 6.38. The van der Waals surface area contributed by atoms with E-state index < -0.39 is 10.3 Å². The molecule has 0 radical (unpaired) electrons. The summed E-state index contributed by atoms with van der Waals surface area (Å²) in [6.07, 6.45) is 0. The molecule has 1 rings (SSSR count). The van der Waals surface area contributed by atoms with Crippen molar-refractivity contribution in [3.8, 4) is 0 Å². The highest BCUT2D eigenvalue weighted by Gasteiger charge is 2.04. The summed E-state index contributed by atoms with van der Waals surface area (Å²) in [4.78, 5) is 0. The standard InChI is InChI=1S/C6H8ClN3O3S/c7-10(8)6-3-1-5(2-4-6)9-14(11,12)13/h1-4,9H,8H2,(H,11,12,13). The predicted molar refractivity (Wildman–Crippen MR) is 54.1 cm³/mol. The minimum atomic E-state index is -4.24. The summed E-state index contributed by atoms with van der Waals surface area (Å²) < 4.78 is 32.0. The summed E-state index contributed by atoms with van der Waals surface area (Å²) in [6.45, 7) is 0. The molecular formula is C6H8ClN3O3S. The van der Waals surface area contributed by atoms with Gasteiger partial charge < -0.3 is 0 Å². The van der Waals surface area contributed by atoms with Crippen LogP contribution < -0.4 is 15.1 Å². The van der Waals surface area contributed by atoms with Crippen LogP contribution in [-0.2, 0) is 10.3 Å². The first kappa shape index (κ1) is 11.1. The van der Waals surface area contributed by atoms with Gasteiger partial charge in [0, 0.05) is 11.8 Å². The molecule has 1 aromatic carbocycles. The molecule has 0 aliphatic rings. The molecule has 0 heterocycles. The molecule has 0 aliphatic heterocycles. The van der Waals surface area contributed by atoms with Crippen molar-refractivity contribution in [2.24, 2.45) is 5.84 Å². The molecule has 0 bridgehead atoms. The fourth-order valence-corrected chi connectivity index (χ4v) is 1.37. The topological polar surface area (TPSA) is 95.7 Å². The normalized spacial score (nSPS) is 11.1. The second-order valence-electron chi connectivity index (χ2n) is 2.44. The van der Waals surface area contributed by atoms with Crippen LogP contribution >= 0.6 is 11.8 Å². The SMILES string of the molecule is NN(Cl)c1ccc(NS(=O)(=O)O)cc1. The number of hydrogen-bond donors (Lipinski definition) is 3. The molecular weight excluding hydrogens is 230 g/mol. The van der Waals surface area contributed by atoms with Crippen LogP contribution in [-0.4, -0.2) is 13.0 Å². The monoisotopic (exact) mass is 237 g/mol. The van der Waals surface area contributed by atoms with Crippen molar-refractivity contribution in [1.82, 2.24) is 0 Å². The molecule has 8 heteroatoms. The van der Waals surface area contributed by atoms with Gasteiger partial charge in [0.1, 0.15) is 0 Å². The smallest absolute Gasteiger partial charge is 0.269 e. The minimum Gasteiger partial charge on any atom is -0.269 e. The molecule has 0 atom stereocenters. The molecule has 0 fully saturated rings. The van der Waals surface area contributed by atoms with Gasteiger partial charge in [-0.1, -0.05) is 0 Å². The highest BCUT2D eigenvalue weighted by atomic mass is 35.5. The van der Waals surface area contributed by atoms with E-state index in [1.165, 1.54) is 24.3 Å². The summed E-state index contributed by atoms with van der Waals surface area (Å²) >= 11 is 5.41. The van der Waals surface area contributed by atoms with E-state index in [2.05, 4.69) is 0 Å². The number of nitrogens with zero attached hydrogens (tertiary/aromatic N) is 1. The Bertz CT molecular complexity index is 403. The van der Waals surface area contributed by atoms with E-state index in [4.69, 9.17) is 22.2 Å². The fraction of sp³-hybridized carbons (Fsp3) is 0. The average molecular weight is 238 g/mol. The van der Waals surface area contributed by atoms with E-state index in [0.29, 0.717) is 5.69 Å². The van der Waals surface area contributed by atoms with E-state index in [1.807, 2.05) is 4.72 Å². The summed E-state index contributed by atoms with van der Waals surface area (Å²) in [5.41, 5.74) is 0.710. The highest BCUT2D eigenvalue weighted by Crippen LogP contribution is 2.17. The third-order valence-electron chi connectivity index (χ3n) is 1.36. The fourth-order valence-electron chi connectivity index (χ4n) is 0.821. The zero-order valence-corrected chi connectivity index (χ0v) is 8.46. The molecule has 0 saturated heterocycles. The van der Waals surface area contributed by atoms with Crippen molar-refractivity contribution in [2.75, 3.05) is 9.25 Å². The van der Waals surface area contributed by atoms with E-state index >= 15 is 0 Å². The Morgan fingerprint density at radius 1 is 1.36 bits per heavy atom. The largest absolute Gasteiger partial charge is 0.357 e. The van der Waals surface area contributed by atoms with Gasteiger partial charge in [-0.25, -0.2) is 10.4 Å². The molecule has 0 saturated carbocycles. The Balaban J connectivity index is 2.84. The zero-order valence-electron chi connectivity index (χ0n) is 6.88. The van der Waals surface area contributed by atoms with Crippen LogP contribution in [0, 0.1) is 0 Å². The number of hydrogen-bond acceptors (Lipinski definition) is 4.